The van der Waals surface area contributed by atoms with E-state index in [1.165, 1.54) is 12.8 Å². The summed E-state index contributed by atoms with van der Waals surface area (Å²) in [6.45, 7) is 1.58. The molecule has 36 heavy (non-hydrogen) atoms. The third-order valence-electron chi connectivity index (χ3n) is 7.26. The molecule has 0 radical (unpaired) electrons. The third kappa shape index (κ3) is 5.24. The normalized spacial score (nSPS) is 19.2. The standard InChI is InChI=1S/C26H33N5O4S/c1-30-15-7-6-11-19(30)14-16-35-22-17-21(26(32)29-36(2,33)34)27-25-23(22)24(18-9-8-10-18)28-31(25)20-12-4-3-5-13-20/h3-5,12-13,17-19H,6-11,14-16H2,1-2H3,(H,29,32). The van der Waals surface area contributed by atoms with Gasteiger partial charge in [-0.1, -0.05) is 31.0 Å². The number of para-hydroxylation sites is 1. The summed E-state index contributed by atoms with van der Waals surface area (Å²) < 4.78 is 33.6. The van der Waals surface area contributed by atoms with E-state index in [-0.39, 0.29) is 5.69 Å². The molecular weight excluding hydrogens is 478 g/mol. The maximum absolute atomic E-state index is 12.8. The lowest BCUT2D eigenvalue weighted by atomic mass is 9.82. The van der Waals surface area contributed by atoms with Crippen LogP contribution >= 0.6 is 0 Å². The number of hydrogen-bond donors (Lipinski definition) is 1. The molecule has 1 unspecified atom stereocenters. The zero-order chi connectivity index (χ0) is 25.3. The lowest BCUT2D eigenvalue weighted by molar-refractivity contribution is 0.0976. The summed E-state index contributed by atoms with van der Waals surface area (Å²) in [7, 11) is -1.60. The van der Waals surface area contributed by atoms with E-state index in [0.29, 0.717) is 30.0 Å². The van der Waals surface area contributed by atoms with Crippen molar-refractivity contribution in [3.63, 3.8) is 0 Å². The zero-order valence-corrected chi connectivity index (χ0v) is 21.6. The number of benzene rings is 1. The van der Waals surface area contributed by atoms with E-state index >= 15 is 0 Å². The van der Waals surface area contributed by atoms with Gasteiger partial charge < -0.3 is 9.64 Å². The van der Waals surface area contributed by atoms with Gasteiger partial charge in [0.2, 0.25) is 10.0 Å². The molecule has 2 fully saturated rings. The van der Waals surface area contributed by atoms with Gasteiger partial charge in [-0.2, -0.15) is 5.10 Å². The Bertz CT molecular complexity index is 1350. The van der Waals surface area contributed by atoms with E-state index < -0.39 is 15.9 Å². The predicted molar refractivity (Wildman–Crippen MR) is 138 cm³/mol. The van der Waals surface area contributed by atoms with Gasteiger partial charge in [0.15, 0.2) is 5.65 Å². The number of sulfonamides is 1. The van der Waals surface area contributed by atoms with E-state index in [1.54, 1.807) is 10.7 Å². The number of amides is 1. The molecule has 3 heterocycles. The zero-order valence-electron chi connectivity index (χ0n) is 20.8. The Morgan fingerprint density at radius 3 is 2.58 bits per heavy atom. The first kappa shape index (κ1) is 24.7. The molecule has 1 aliphatic carbocycles. The topological polar surface area (TPSA) is 106 Å². The second-order valence-electron chi connectivity index (χ2n) is 9.94. The molecule has 0 bridgehead atoms. The molecule has 3 aromatic rings. The molecule has 192 valence electrons. The van der Waals surface area contributed by atoms with Crippen molar-refractivity contribution < 1.29 is 17.9 Å². The van der Waals surface area contributed by atoms with Crippen molar-refractivity contribution in [2.75, 3.05) is 26.5 Å². The summed E-state index contributed by atoms with van der Waals surface area (Å²) in [5.74, 6) is 0.0465. The first-order valence-electron chi connectivity index (χ1n) is 12.6. The number of pyridine rings is 1. The first-order chi connectivity index (χ1) is 17.3. The van der Waals surface area contributed by atoms with E-state index in [0.717, 1.165) is 61.7 Å². The molecule has 1 aliphatic heterocycles. The number of piperidine rings is 1. The fourth-order valence-corrected chi connectivity index (χ4v) is 5.53. The summed E-state index contributed by atoms with van der Waals surface area (Å²) >= 11 is 0. The minimum atomic E-state index is -3.75. The fourth-order valence-electron chi connectivity index (χ4n) is 5.09. The Morgan fingerprint density at radius 1 is 1.14 bits per heavy atom. The van der Waals surface area contributed by atoms with Crippen LogP contribution in [0.2, 0.25) is 0 Å². The summed E-state index contributed by atoms with van der Waals surface area (Å²) in [4.78, 5) is 19.8. The minimum Gasteiger partial charge on any atom is -0.493 e. The molecular formula is C26H33N5O4S. The highest BCUT2D eigenvalue weighted by Gasteiger charge is 2.30. The van der Waals surface area contributed by atoms with Crippen molar-refractivity contribution in [3.8, 4) is 11.4 Å². The van der Waals surface area contributed by atoms with Crippen LogP contribution in [0.3, 0.4) is 0 Å². The van der Waals surface area contributed by atoms with E-state index in [2.05, 4.69) is 16.9 Å². The molecule has 1 saturated carbocycles. The molecule has 0 spiro atoms. The van der Waals surface area contributed by atoms with Crippen LogP contribution in [0, 0.1) is 0 Å². The molecule has 1 amide bonds. The average Bonchev–Trinajstić information content (AvgIpc) is 3.18. The number of carbonyl (C=O) groups is 1. The average molecular weight is 512 g/mol. The summed E-state index contributed by atoms with van der Waals surface area (Å²) in [6.07, 6.45) is 8.65. The highest BCUT2D eigenvalue weighted by Crippen LogP contribution is 2.42. The molecule has 1 aromatic carbocycles. The van der Waals surface area contributed by atoms with Gasteiger partial charge in [0, 0.05) is 18.0 Å². The molecule has 10 heteroatoms. The largest absolute Gasteiger partial charge is 0.493 e. The minimum absolute atomic E-state index is 0.0186. The van der Waals surface area contributed by atoms with Gasteiger partial charge in [0.25, 0.3) is 5.91 Å². The summed E-state index contributed by atoms with van der Waals surface area (Å²) in [6, 6.07) is 11.7. The predicted octanol–water partition coefficient (Wildman–Crippen LogP) is 3.63. The Hall–Kier alpha value is -2.98. The van der Waals surface area contributed by atoms with Crippen LogP contribution in [0.1, 0.15) is 67.0 Å². The van der Waals surface area contributed by atoms with E-state index in [4.69, 9.17) is 9.84 Å². The maximum atomic E-state index is 12.8. The highest BCUT2D eigenvalue weighted by molar-refractivity contribution is 7.89. The summed E-state index contributed by atoms with van der Waals surface area (Å²) in [5.41, 5.74) is 2.22. The smallest absolute Gasteiger partial charge is 0.283 e. The molecule has 5 rings (SSSR count). The molecule has 1 N–H and O–H groups in total. The maximum Gasteiger partial charge on any atom is 0.283 e. The third-order valence-corrected chi connectivity index (χ3v) is 7.82. The van der Waals surface area contributed by atoms with Crippen molar-refractivity contribution in [1.82, 2.24) is 24.4 Å². The first-order valence-corrected chi connectivity index (χ1v) is 14.5. The number of carbonyl (C=O) groups excluding carboxylic acids is 1. The Labute approximate surface area is 211 Å². The number of nitrogens with zero attached hydrogens (tertiary/aromatic N) is 4. The molecule has 1 saturated heterocycles. The van der Waals surface area contributed by atoms with Crippen LogP contribution in [-0.2, 0) is 10.0 Å². The second-order valence-corrected chi connectivity index (χ2v) is 11.7. The SMILES string of the molecule is CN1CCCCC1CCOc1cc(C(=O)NS(C)(=O)=O)nc2c1c(C1CCC1)nn2-c1ccccc1. The van der Waals surface area contributed by atoms with Crippen molar-refractivity contribution >= 4 is 27.0 Å². The number of ether oxygens (including phenoxy) is 1. The van der Waals surface area contributed by atoms with Gasteiger partial charge >= 0.3 is 0 Å². The molecule has 1 atom stereocenters. The lowest BCUT2D eigenvalue weighted by Crippen LogP contribution is -2.37. The van der Waals surface area contributed by atoms with Crippen LogP contribution in [0.4, 0.5) is 0 Å². The number of aromatic nitrogens is 3. The molecule has 2 aliphatic rings. The van der Waals surface area contributed by atoms with Crippen LogP contribution < -0.4 is 9.46 Å². The number of likely N-dealkylation sites (tertiary alicyclic amines) is 1. The van der Waals surface area contributed by atoms with E-state index in [1.807, 2.05) is 35.1 Å². The number of hydrogen-bond acceptors (Lipinski definition) is 7. The Morgan fingerprint density at radius 2 is 1.92 bits per heavy atom. The van der Waals surface area contributed by atoms with Crippen molar-refractivity contribution in [1.29, 1.82) is 0 Å². The van der Waals surface area contributed by atoms with Gasteiger partial charge in [0.1, 0.15) is 11.4 Å². The van der Waals surface area contributed by atoms with Gasteiger partial charge in [-0.15, -0.1) is 0 Å². The van der Waals surface area contributed by atoms with Gasteiger partial charge in [-0.25, -0.2) is 22.8 Å². The van der Waals surface area contributed by atoms with Crippen LogP contribution in [-0.4, -0.2) is 66.5 Å². The number of rotatable bonds is 8. The van der Waals surface area contributed by atoms with Crippen LogP contribution in [0.25, 0.3) is 16.7 Å². The van der Waals surface area contributed by atoms with Crippen LogP contribution in [0.5, 0.6) is 5.75 Å². The lowest BCUT2D eigenvalue weighted by Gasteiger charge is -2.32. The Balaban J connectivity index is 1.57. The second kappa shape index (κ2) is 10.2. The number of nitrogens with one attached hydrogen (secondary N) is 1. The Kier molecular flexibility index (Phi) is 6.98. The fraction of sp³-hybridized carbons (Fsp3) is 0.500. The van der Waals surface area contributed by atoms with Gasteiger partial charge in [-0.3, -0.25) is 4.79 Å². The molecule has 9 nitrogen and oxygen atoms in total. The van der Waals surface area contributed by atoms with Crippen molar-refractivity contribution in [2.24, 2.45) is 0 Å². The van der Waals surface area contributed by atoms with Gasteiger partial charge in [0.05, 0.1) is 29.6 Å². The number of fused-ring (bicyclic) bond motifs is 1. The monoisotopic (exact) mass is 511 g/mol. The highest BCUT2D eigenvalue weighted by atomic mass is 32.2. The summed E-state index contributed by atoms with van der Waals surface area (Å²) in [5, 5.41) is 5.75. The van der Waals surface area contributed by atoms with E-state index in [9.17, 15) is 13.2 Å². The van der Waals surface area contributed by atoms with Gasteiger partial charge in [-0.05, 0) is 57.8 Å². The molecule has 2 aromatic heterocycles. The van der Waals surface area contributed by atoms with Crippen molar-refractivity contribution in [2.45, 2.75) is 56.9 Å². The van der Waals surface area contributed by atoms with Crippen LogP contribution in [0.15, 0.2) is 36.4 Å². The quantitative estimate of drug-likeness (QED) is 0.492. The van der Waals surface area contributed by atoms with Crippen molar-refractivity contribution in [3.05, 3.63) is 47.8 Å².